The molecule has 0 aliphatic heterocycles. The molecule has 0 radical (unpaired) electrons. The van der Waals surface area contributed by atoms with Gasteiger partial charge in [0.05, 0.1) is 18.0 Å². The standard InChI is InChI=1S/C29H40N4O2/c1-7-8-13-26(34)33(27(20(2)3)28(35)29(4,5)6)19-21-14-16-22(17-15-21)23-11-9-10-12-24(23)25(30)18-32-31/h9-12,14-18,20,27,30H,7-8,13,19,31H2,1-6H3/b30-25?,32-18-/t27-/m0/s1. The van der Waals surface area contributed by atoms with Gasteiger partial charge in [0.25, 0.3) is 0 Å². The van der Waals surface area contributed by atoms with E-state index in [0.717, 1.165) is 35.1 Å². The van der Waals surface area contributed by atoms with Crippen LogP contribution in [0.5, 0.6) is 0 Å². The van der Waals surface area contributed by atoms with E-state index >= 15 is 0 Å². The summed E-state index contributed by atoms with van der Waals surface area (Å²) < 4.78 is 0. The first-order chi connectivity index (χ1) is 16.5. The van der Waals surface area contributed by atoms with Crippen LogP contribution in [0.1, 0.15) is 71.9 Å². The van der Waals surface area contributed by atoms with Crippen LogP contribution in [0.4, 0.5) is 0 Å². The maximum Gasteiger partial charge on any atom is 0.223 e. The second kappa shape index (κ2) is 12.4. The number of hydrogen-bond acceptors (Lipinski definition) is 5. The second-order valence-corrected chi connectivity index (χ2v) is 10.4. The molecule has 2 aromatic rings. The van der Waals surface area contributed by atoms with Gasteiger partial charge in [0, 0.05) is 23.9 Å². The van der Waals surface area contributed by atoms with Crippen molar-refractivity contribution >= 4 is 23.6 Å². The van der Waals surface area contributed by atoms with Crippen molar-refractivity contribution in [3.63, 3.8) is 0 Å². The van der Waals surface area contributed by atoms with Crippen molar-refractivity contribution in [2.75, 3.05) is 0 Å². The minimum Gasteiger partial charge on any atom is -0.328 e. The first kappa shape index (κ1) is 28.0. The average Bonchev–Trinajstić information content (AvgIpc) is 2.81. The van der Waals surface area contributed by atoms with Crippen molar-refractivity contribution in [1.82, 2.24) is 4.90 Å². The van der Waals surface area contributed by atoms with Gasteiger partial charge in [-0.3, -0.25) is 15.0 Å². The minimum absolute atomic E-state index is 0.00803. The Labute approximate surface area is 210 Å². The van der Waals surface area contributed by atoms with Crippen LogP contribution >= 0.6 is 0 Å². The molecule has 0 aliphatic rings. The Morgan fingerprint density at radius 1 is 1.09 bits per heavy atom. The molecule has 2 rings (SSSR count). The van der Waals surface area contributed by atoms with Crippen LogP contribution in [0, 0.1) is 16.7 Å². The Hall–Kier alpha value is -3.28. The van der Waals surface area contributed by atoms with E-state index in [9.17, 15) is 9.59 Å². The quantitative estimate of drug-likeness (QED) is 0.243. The zero-order valence-corrected chi connectivity index (χ0v) is 22.0. The van der Waals surface area contributed by atoms with Crippen molar-refractivity contribution in [3.8, 4) is 11.1 Å². The minimum atomic E-state index is -0.539. The largest absolute Gasteiger partial charge is 0.328 e. The van der Waals surface area contributed by atoms with Gasteiger partial charge < -0.3 is 10.7 Å². The molecule has 1 amide bonds. The van der Waals surface area contributed by atoms with Gasteiger partial charge in [-0.05, 0) is 29.0 Å². The molecule has 0 bridgehead atoms. The zero-order valence-electron chi connectivity index (χ0n) is 22.0. The predicted octanol–water partition coefficient (Wildman–Crippen LogP) is 5.82. The van der Waals surface area contributed by atoms with E-state index in [2.05, 4.69) is 12.0 Å². The van der Waals surface area contributed by atoms with E-state index in [-0.39, 0.29) is 23.3 Å². The summed E-state index contributed by atoms with van der Waals surface area (Å²) in [6.07, 6.45) is 3.49. The topological polar surface area (TPSA) is 99.6 Å². The van der Waals surface area contributed by atoms with Crippen molar-refractivity contribution in [2.24, 2.45) is 22.3 Å². The Kier molecular flexibility index (Phi) is 9.93. The lowest BCUT2D eigenvalue weighted by molar-refractivity contribution is -0.145. The molecule has 188 valence electrons. The number of nitrogens with zero attached hydrogens (tertiary/aromatic N) is 2. The van der Waals surface area contributed by atoms with Gasteiger partial charge in [-0.15, -0.1) is 0 Å². The number of unbranched alkanes of at least 4 members (excludes halogenated alkanes) is 1. The van der Waals surface area contributed by atoms with Crippen LogP contribution in [0.2, 0.25) is 0 Å². The third-order valence-electron chi connectivity index (χ3n) is 6.08. The number of carbonyl (C=O) groups excluding carboxylic acids is 2. The first-order valence-electron chi connectivity index (χ1n) is 12.4. The van der Waals surface area contributed by atoms with E-state index < -0.39 is 11.5 Å². The molecule has 0 spiro atoms. The van der Waals surface area contributed by atoms with Crippen molar-refractivity contribution in [3.05, 3.63) is 59.7 Å². The molecular weight excluding hydrogens is 436 g/mol. The third kappa shape index (κ3) is 7.35. The molecule has 2 aromatic carbocycles. The maximum atomic E-state index is 13.4. The number of hydrogen-bond donors (Lipinski definition) is 2. The molecule has 0 heterocycles. The van der Waals surface area contributed by atoms with Crippen LogP contribution in [0.3, 0.4) is 0 Å². The number of hydrazone groups is 1. The lowest BCUT2D eigenvalue weighted by atomic mass is 9.81. The van der Waals surface area contributed by atoms with Crippen LogP contribution < -0.4 is 5.84 Å². The number of carbonyl (C=O) groups is 2. The highest BCUT2D eigenvalue weighted by Crippen LogP contribution is 2.28. The molecule has 35 heavy (non-hydrogen) atoms. The molecule has 0 saturated carbocycles. The number of rotatable bonds is 11. The zero-order chi connectivity index (χ0) is 26.2. The summed E-state index contributed by atoms with van der Waals surface area (Å²) in [5, 5.41) is 11.7. The highest BCUT2D eigenvalue weighted by Gasteiger charge is 2.37. The summed E-state index contributed by atoms with van der Waals surface area (Å²) in [6.45, 7) is 12.2. The predicted molar refractivity (Wildman–Crippen MR) is 145 cm³/mol. The summed E-state index contributed by atoms with van der Waals surface area (Å²) >= 11 is 0. The number of ketones is 1. The van der Waals surface area contributed by atoms with Gasteiger partial charge in [0.2, 0.25) is 5.91 Å². The Balaban J connectivity index is 2.41. The van der Waals surface area contributed by atoms with Gasteiger partial charge in [-0.2, -0.15) is 5.10 Å². The molecular formula is C29H40N4O2. The first-order valence-corrected chi connectivity index (χ1v) is 12.4. The fraction of sp³-hybridized carbons (Fsp3) is 0.448. The van der Waals surface area contributed by atoms with Crippen LogP contribution in [0.25, 0.3) is 11.1 Å². The van der Waals surface area contributed by atoms with Gasteiger partial charge in [-0.1, -0.05) is 96.5 Å². The number of benzene rings is 2. The second-order valence-electron chi connectivity index (χ2n) is 10.4. The monoisotopic (exact) mass is 476 g/mol. The molecule has 0 unspecified atom stereocenters. The Bertz CT molecular complexity index is 1050. The smallest absolute Gasteiger partial charge is 0.223 e. The molecule has 0 aliphatic carbocycles. The fourth-order valence-electron chi connectivity index (χ4n) is 4.16. The molecule has 0 aromatic heterocycles. The summed E-state index contributed by atoms with van der Waals surface area (Å²) in [4.78, 5) is 28.4. The number of nitrogens with two attached hydrogens (primary N) is 1. The van der Waals surface area contributed by atoms with Gasteiger partial charge in [0.15, 0.2) is 5.78 Å². The lowest BCUT2D eigenvalue weighted by Crippen LogP contribution is -2.51. The summed E-state index contributed by atoms with van der Waals surface area (Å²) in [7, 11) is 0. The van der Waals surface area contributed by atoms with Gasteiger partial charge in [-0.25, -0.2) is 0 Å². The van der Waals surface area contributed by atoms with E-state index in [0.29, 0.717) is 13.0 Å². The lowest BCUT2D eigenvalue weighted by Gasteiger charge is -2.37. The average molecular weight is 477 g/mol. The molecule has 1 atom stereocenters. The van der Waals surface area contributed by atoms with Crippen molar-refractivity contribution in [2.45, 2.75) is 73.4 Å². The molecule has 6 heteroatoms. The van der Waals surface area contributed by atoms with E-state index in [1.807, 2.05) is 83.1 Å². The highest BCUT2D eigenvalue weighted by molar-refractivity contribution is 6.38. The SMILES string of the molecule is CCCCC(=O)N(Cc1ccc(-c2ccccc2C(=N)/C=N\N)cc1)[C@H](C(=O)C(C)(C)C)C(C)C. The van der Waals surface area contributed by atoms with E-state index in [1.54, 1.807) is 4.90 Å². The fourth-order valence-corrected chi connectivity index (χ4v) is 4.16. The summed E-state index contributed by atoms with van der Waals surface area (Å²) in [6, 6.07) is 15.1. The Morgan fingerprint density at radius 2 is 1.71 bits per heavy atom. The van der Waals surface area contributed by atoms with Crippen molar-refractivity contribution < 1.29 is 9.59 Å². The van der Waals surface area contributed by atoms with Crippen LogP contribution in [-0.4, -0.2) is 34.6 Å². The molecule has 3 N–H and O–H groups in total. The van der Waals surface area contributed by atoms with E-state index in [4.69, 9.17) is 11.3 Å². The Morgan fingerprint density at radius 3 is 2.26 bits per heavy atom. The van der Waals surface area contributed by atoms with Crippen LogP contribution in [-0.2, 0) is 16.1 Å². The molecule has 6 nitrogen and oxygen atoms in total. The van der Waals surface area contributed by atoms with Gasteiger partial charge >= 0.3 is 0 Å². The van der Waals surface area contributed by atoms with Crippen LogP contribution in [0.15, 0.2) is 53.6 Å². The maximum absolute atomic E-state index is 13.4. The number of Topliss-reactive ketones (excluding diaryl/α,β-unsaturated/α-hetero) is 1. The van der Waals surface area contributed by atoms with Crippen molar-refractivity contribution in [1.29, 1.82) is 5.41 Å². The van der Waals surface area contributed by atoms with E-state index in [1.165, 1.54) is 6.21 Å². The van der Waals surface area contributed by atoms with Gasteiger partial charge in [0.1, 0.15) is 0 Å². The third-order valence-corrected chi connectivity index (χ3v) is 6.08. The molecule has 0 fully saturated rings. The number of amides is 1. The number of nitrogens with one attached hydrogen (secondary N) is 1. The highest BCUT2D eigenvalue weighted by atomic mass is 16.2. The molecule has 0 saturated heterocycles. The normalized spacial score (nSPS) is 12.7. The summed E-state index contributed by atoms with van der Waals surface area (Å²) in [5.41, 5.74) is 3.25. The summed E-state index contributed by atoms with van der Waals surface area (Å²) in [5.74, 6) is 5.36.